The van der Waals surface area contributed by atoms with E-state index in [1.165, 1.54) is 47.9 Å². The van der Waals surface area contributed by atoms with E-state index < -0.39 is 17.8 Å². The molecule has 0 aliphatic heterocycles. The van der Waals surface area contributed by atoms with Crippen LogP contribution in [0, 0.1) is 5.82 Å². The second kappa shape index (κ2) is 5.53. The number of esters is 1. The van der Waals surface area contributed by atoms with Crippen molar-refractivity contribution >= 4 is 17.5 Å². The maximum Gasteiger partial charge on any atom is 0.356 e. The largest absolute Gasteiger partial charge is 0.476 e. The third-order valence-corrected chi connectivity index (χ3v) is 3.34. The van der Waals surface area contributed by atoms with E-state index in [1.54, 1.807) is 6.07 Å². The Bertz CT molecular complexity index is 933. The molecular weight excluding hydrogens is 303 g/mol. The fourth-order valence-corrected chi connectivity index (χ4v) is 2.38. The number of benzene rings is 1. The molecule has 3 aromatic rings. The van der Waals surface area contributed by atoms with Gasteiger partial charge in [-0.3, -0.25) is 4.40 Å². The van der Waals surface area contributed by atoms with Crippen molar-refractivity contribution in [1.82, 2.24) is 9.38 Å². The first-order chi connectivity index (χ1) is 11.0. The SMILES string of the molecule is COC(=O)c1cccc2c(C(=O)O)nc(-c3cccc(F)c3)n12. The zero-order valence-corrected chi connectivity index (χ0v) is 12.0. The minimum atomic E-state index is -1.24. The molecule has 0 unspecified atom stereocenters. The zero-order valence-electron chi connectivity index (χ0n) is 12.0. The molecule has 0 radical (unpaired) electrons. The smallest absolute Gasteiger partial charge is 0.356 e. The summed E-state index contributed by atoms with van der Waals surface area (Å²) in [4.78, 5) is 27.4. The van der Waals surface area contributed by atoms with Gasteiger partial charge in [0.1, 0.15) is 17.3 Å². The summed E-state index contributed by atoms with van der Waals surface area (Å²) >= 11 is 0. The van der Waals surface area contributed by atoms with E-state index in [1.807, 2.05) is 0 Å². The standard InChI is InChI=1S/C16H11FN2O4/c1-23-16(22)12-7-3-6-11-13(15(20)21)18-14(19(11)12)9-4-2-5-10(17)8-9/h2-8H,1H3,(H,20,21). The number of pyridine rings is 1. The van der Waals surface area contributed by atoms with Crippen LogP contribution in [0.4, 0.5) is 4.39 Å². The molecule has 0 atom stereocenters. The molecule has 6 nitrogen and oxygen atoms in total. The van der Waals surface area contributed by atoms with Crippen molar-refractivity contribution < 1.29 is 23.8 Å². The predicted octanol–water partition coefficient (Wildman–Crippen LogP) is 2.63. The second-order valence-electron chi connectivity index (χ2n) is 4.72. The highest BCUT2D eigenvalue weighted by Crippen LogP contribution is 2.25. The molecule has 1 aromatic carbocycles. The van der Waals surface area contributed by atoms with E-state index in [0.717, 1.165) is 0 Å². The molecule has 0 bridgehead atoms. The molecule has 0 amide bonds. The number of hydrogen-bond donors (Lipinski definition) is 1. The second-order valence-corrected chi connectivity index (χ2v) is 4.72. The number of carboxylic acids is 1. The highest BCUT2D eigenvalue weighted by atomic mass is 19.1. The number of aromatic nitrogens is 2. The van der Waals surface area contributed by atoms with Gasteiger partial charge in [-0.15, -0.1) is 0 Å². The van der Waals surface area contributed by atoms with E-state index in [4.69, 9.17) is 4.74 Å². The van der Waals surface area contributed by atoms with Crippen molar-refractivity contribution in [2.75, 3.05) is 7.11 Å². The first-order valence-electron chi connectivity index (χ1n) is 6.62. The van der Waals surface area contributed by atoms with Crippen molar-refractivity contribution in [3.05, 3.63) is 59.7 Å². The lowest BCUT2D eigenvalue weighted by Gasteiger charge is -2.07. The van der Waals surface area contributed by atoms with Gasteiger partial charge in [-0.25, -0.2) is 19.0 Å². The van der Waals surface area contributed by atoms with Gasteiger partial charge in [-0.1, -0.05) is 18.2 Å². The molecule has 0 saturated heterocycles. The average Bonchev–Trinajstić information content (AvgIpc) is 2.94. The number of fused-ring (bicyclic) bond motifs is 1. The topological polar surface area (TPSA) is 80.9 Å². The number of hydrogen-bond acceptors (Lipinski definition) is 4. The minimum absolute atomic E-state index is 0.101. The molecule has 116 valence electrons. The van der Waals surface area contributed by atoms with E-state index >= 15 is 0 Å². The Labute approximate surface area is 129 Å². The number of rotatable bonds is 3. The monoisotopic (exact) mass is 314 g/mol. The summed E-state index contributed by atoms with van der Waals surface area (Å²) in [5, 5.41) is 9.32. The Kier molecular flexibility index (Phi) is 3.53. The Morgan fingerprint density at radius 2 is 1.96 bits per heavy atom. The molecule has 2 heterocycles. The summed E-state index contributed by atoms with van der Waals surface area (Å²) in [5.41, 5.74) is 0.447. The minimum Gasteiger partial charge on any atom is -0.476 e. The Hall–Kier alpha value is -3.22. The zero-order chi connectivity index (χ0) is 16.6. The number of aromatic carboxylic acids is 1. The van der Waals surface area contributed by atoms with Crippen molar-refractivity contribution in [3.63, 3.8) is 0 Å². The van der Waals surface area contributed by atoms with Gasteiger partial charge in [0.05, 0.1) is 12.6 Å². The van der Waals surface area contributed by atoms with Crippen LogP contribution in [0.25, 0.3) is 16.9 Å². The molecule has 7 heteroatoms. The van der Waals surface area contributed by atoms with Crippen LogP contribution in [0.1, 0.15) is 21.0 Å². The first kappa shape index (κ1) is 14.7. The first-order valence-corrected chi connectivity index (χ1v) is 6.62. The van der Waals surface area contributed by atoms with Crippen LogP contribution < -0.4 is 0 Å². The summed E-state index contributed by atoms with van der Waals surface area (Å²) in [6.45, 7) is 0. The van der Waals surface area contributed by atoms with Crippen LogP contribution in [0.15, 0.2) is 42.5 Å². The molecule has 0 spiro atoms. The van der Waals surface area contributed by atoms with Gasteiger partial charge in [-0.2, -0.15) is 0 Å². The number of carbonyl (C=O) groups excluding carboxylic acids is 1. The third kappa shape index (κ3) is 2.42. The predicted molar refractivity (Wildman–Crippen MR) is 78.9 cm³/mol. The van der Waals surface area contributed by atoms with Crippen LogP contribution >= 0.6 is 0 Å². The summed E-state index contributed by atoms with van der Waals surface area (Å²) in [6, 6.07) is 10.1. The molecular formula is C16H11FN2O4. The summed E-state index contributed by atoms with van der Waals surface area (Å²) in [6.07, 6.45) is 0. The van der Waals surface area contributed by atoms with Gasteiger partial charge in [0.15, 0.2) is 5.69 Å². The molecule has 2 aromatic heterocycles. The highest BCUT2D eigenvalue weighted by molar-refractivity contribution is 5.97. The maximum atomic E-state index is 13.5. The molecule has 0 aliphatic rings. The summed E-state index contributed by atoms with van der Waals surface area (Å²) in [5.74, 6) is -2.24. The quantitative estimate of drug-likeness (QED) is 0.752. The number of carboxylic acid groups (broad SMARTS) is 1. The van der Waals surface area contributed by atoms with Crippen LogP contribution in [0.2, 0.25) is 0 Å². The molecule has 23 heavy (non-hydrogen) atoms. The lowest BCUT2D eigenvalue weighted by Crippen LogP contribution is -2.09. The third-order valence-electron chi connectivity index (χ3n) is 3.34. The van der Waals surface area contributed by atoms with Crippen LogP contribution in [0.3, 0.4) is 0 Å². The van der Waals surface area contributed by atoms with Crippen molar-refractivity contribution in [3.8, 4) is 11.4 Å². The maximum absolute atomic E-state index is 13.5. The molecule has 3 rings (SSSR count). The van der Waals surface area contributed by atoms with E-state index in [2.05, 4.69) is 4.98 Å². The number of ether oxygens (including phenoxy) is 1. The molecule has 0 fully saturated rings. The fourth-order valence-electron chi connectivity index (χ4n) is 2.38. The lowest BCUT2D eigenvalue weighted by molar-refractivity contribution is 0.0591. The van der Waals surface area contributed by atoms with E-state index in [-0.39, 0.29) is 22.7 Å². The van der Waals surface area contributed by atoms with Crippen LogP contribution in [-0.2, 0) is 4.74 Å². The van der Waals surface area contributed by atoms with Gasteiger partial charge in [0.2, 0.25) is 0 Å². The van der Waals surface area contributed by atoms with Gasteiger partial charge in [0, 0.05) is 5.56 Å². The van der Waals surface area contributed by atoms with Gasteiger partial charge < -0.3 is 9.84 Å². The number of imidazole rings is 1. The number of carbonyl (C=O) groups is 2. The summed E-state index contributed by atoms with van der Waals surface area (Å²) in [7, 11) is 1.22. The van der Waals surface area contributed by atoms with Gasteiger partial charge >= 0.3 is 11.9 Å². The number of halogens is 1. The Morgan fingerprint density at radius 1 is 1.22 bits per heavy atom. The lowest BCUT2D eigenvalue weighted by atomic mass is 10.2. The van der Waals surface area contributed by atoms with Crippen molar-refractivity contribution in [1.29, 1.82) is 0 Å². The van der Waals surface area contributed by atoms with Crippen LogP contribution in [0.5, 0.6) is 0 Å². The normalized spacial score (nSPS) is 10.7. The van der Waals surface area contributed by atoms with Gasteiger partial charge in [0.25, 0.3) is 0 Å². The summed E-state index contributed by atoms with van der Waals surface area (Å²) < 4.78 is 19.6. The molecule has 0 saturated carbocycles. The van der Waals surface area contributed by atoms with Crippen molar-refractivity contribution in [2.24, 2.45) is 0 Å². The fraction of sp³-hybridized carbons (Fsp3) is 0.0625. The van der Waals surface area contributed by atoms with Crippen LogP contribution in [-0.4, -0.2) is 33.5 Å². The van der Waals surface area contributed by atoms with E-state index in [9.17, 15) is 19.1 Å². The van der Waals surface area contributed by atoms with Gasteiger partial charge in [-0.05, 0) is 24.3 Å². The van der Waals surface area contributed by atoms with Crippen molar-refractivity contribution in [2.45, 2.75) is 0 Å². The molecule has 0 aliphatic carbocycles. The Morgan fingerprint density at radius 3 is 2.61 bits per heavy atom. The number of methoxy groups -OCH3 is 1. The highest BCUT2D eigenvalue weighted by Gasteiger charge is 2.22. The molecule has 1 N–H and O–H groups in total. The Balaban J connectivity index is 2.41. The average molecular weight is 314 g/mol. The van der Waals surface area contributed by atoms with E-state index in [0.29, 0.717) is 5.56 Å². The number of nitrogens with zero attached hydrogens (tertiary/aromatic N) is 2.